The fraction of sp³-hybridized carbons (Fsp3) is 0.346. The summed E-state index contributed by atoms with van der Waals surface area (Å²) in [6.07, 6.45) is 3.82. The van der Waals surface area contributed by atoms with E-state index in [9.17, 15) is 13.2 Å². The van der Waals surface area contributed by atoms with E-state index in [2.05, 4.69) is 11.4 Å². The fourth-order valence-electron chi connectivity index (χ4n) is 4.05. The molecule has 0 aromatic heterocycles. The van der Waals surface area contributed by atoms with Crippen molar-refractivity contribution >= 4 is 26.7 Å². The van der Waals surface area contributed by atoms with Gasteiger partial charge in [0.2, 0.25) is 15.9 Å². The summed E-state index contributed by atoms with van der Waals surface area (Å²) >= 11 is 0. The summed E-state index contributed by atoms with van der Waals surface area (Å²) in [6.45, 7) is 2.01. The summed E-state index contributed by atoms with van der Waals surface area (Å²) in [5, 5.41) is 5.15. The van der Waals surface area contributed by atoms with Crippen molar-refractivity contribution in [2.24, 2.45) is 0 Å². The zero-order valence-electron chi connectivity index (χ0n) is 18.7. The van der Waals surface area contributed by atoms with Gasteiger partial charge < -0.3 is 10.1 Å². The predicted octanol–water partition coefficient (Wildman–Crippen LogP) is 4.14. The number of rotatable bonds is 9. The summed E-state index contributed by atoms with van der Waals surface area (Å²) < 4.78 is 32.8. The summed E-state index contributed by atoms with van der Waals surface area (Å²) in [7, 11) is -3.42. The molecule has 0 spiro atoms. The van der Waals surface area contributed by atoms with Gasteiger partial charge in [0.05, 0.1) is 11.4 Å². The molecule has 0 radical (unpaired) electrons. The lowest BCUT2D eigenvalue weighted by Gasteiger charge is -2.25. The molecule has 0 atom stereocenters. The van der Waals surface area contributed by atoms with Gasteiger partial charge in [0.25, 0.3) is 0 Å². The van der Waals surface area contributed by atoms with Crippen molar-refractivity contribution in [1.82, 2.24) is 9.62 Å². The van der Waals surface area contributed by atoms with Gasteiger partial charge in [-0.2, -0.15) is 4.31 Å². The number of hydrogen-bond acceptors (Lipinski definition) is 4. The van der Waals surface area contributed by atoms with Crippen molar-refractivity contribution in [2.45, 2.75) is 37.0 Å². The van der Waals surface area contributed by atoms with E-state index in [0.29, 0.717) is 44.0 Å². The number of aryl methyl sites for hydroxylation is 1. The maximum Gasteiger partial charge on any atom is 0.243 e. The first-order valence-corrected chi connectivity index (χ1v) is 12.9. The second kappa shape index (κ2) is 10.8. The van der Waals surface area contributed by atoms with E-state index < -0.39 is 10.0 Å². The SMILES string of the molecule is O=C(CCc1ccc(S(=O)(=O)N2CCCCC2)cc1)NCCOc1ccc2ccccc2c1. The average Bonchev–Trinajstić information content (AvgIpc) is 2.86. The standard InChI is InChI=1S/C26H30N2O4S/c29-26(27-16-19-32-24-12-11-22-6-2-3-7-23(22)20-24)15-10-21-8-13-25(14-9-21)33(30,31)28-17-4-1-5-18-28/h2-3,6-9,11-14,20H,1,4-5,10,15-19H2,(H,27,29). The Morgan fingerprint density at radius 2 is 1.64 bits per heavy atom. The highest BCUT2D eigenvalue weighted by Crippen LogP contribution is 2.22. The van der Waals surface area contributed by atoms with Crippen molar-refractivity contribution in [3.05, 3.63) is 72.3 Å². The van der Waals surface area contributed by atoms with Crippen LogP contribution in [0, 0.1) is 0 Å². The van der Waals surface area contributed by atoms with Crippen LogP contribution in [0.4, 0.5) is 0 Å². The van der Waals surface area contributed by atoms with E-state index in [0.717, 1.165) is 41.3 Å². The molecule has 174 valence electrons. The minimum Gasteiger partial charge on any atom is -0.492 e. The molecule has 0 unspecified atom stereocenters. The fourth-order valence-corrected chi connectivity index (χ4v) is 5.56. The van der Waals surface area contributed by atoms with Crippen molar-refractivity contribution < 1.29 is 17.9 Å². The molecule has 1 heterocycles. The molecular formula is C26H30N2O4S. The molecule has 1 amide bonds. The molecule has 7 heteroatoms. The van der Waals surface area contributed by atoms with Crippen LogP contribution in [-0.4, -0.2) is 44.9 Å². The van der Waals surface area contributed by atoms with Crippen molar-refractivity contribution in [2.75, 3.05) is 26.2 Å². The Labute approximate surface area is 195 Å². The molecule has 6 nitrogen and oxygen atoms in total. The first-order valence-electron chi connectivity index (χ1n) is 11.5. The molecule has 0 aliphatic carbocycles. The number of sulfonamides is 1. The van der Waals surface area contributed by atoms with Gasteiger partial charge in [-0.05, 0) is 59.9 Å². The zero-order chi connectivity index (χ0) is 23.1. The maximum absolute atomic E-state index is 12.7. The lowest BCUT2D eigenvalue weighted by atomic mass is 10.1. The number of hydrogen-bond donors (Lipinski definition) is 1. The lowest BCUT2D eigenvalue weighted by molar-refractivity contribution is -0.121. The molecule has 1 fully saturated rings. The number of benzene rings is 3. The third-order valence-corrected chi connectivity index (χ3v) is 7.84. The van der Waals surface area contributed by atoms with Crippen LogP contribution < -0.4 is 10.1 Å². The highest BCUT2D eigenvalue weighted by atomic mass is 32.2. The Kier molecular flexibility index (Phi) is 7.62. The van der Waals surface area contributed by atoms with Crippen LogP contribution in [0.3, 0.4) is 0 Å². The molecule has 3 aromatic rings. The molecule has 1 aliphatic rings. The Balaban J connectivity index is 1.19. The quantitative estimate of drug-likeness (QED) is 0.481. The second-order valence-electron chi connectivity index (χ2n) is 8.32. The molecular weight excluding hydrogens is 436 g/mol. The third-order valence-electron chi connectivity index (χ3n) is 5.93. The Morgan fingerprint density at radius 3 is 2.39 bits per heavy atom. The summed E-state index contributed by atoms with van der Waals surface area (Å²) in [6, 6.07) is 20.9. The number of carbonyl (C=O) groups is 1. The van der Waals surface area contributed by atoms with E-state index in [4.69, 9.17) is 4.74 Å². The number of nitrogens with zero attached hydrogens (tertiary/aromatic N) is 1. The van der Waals surface area contributed by atoms with Crippen LogP contribution in [0.2, 0.25) is 0 Å². The minimum absolute atomic E-state index is 0.0536. The Morgan fingerprint density at radius 1 is 0.909 bits per heavy atom. The van der Waals surface area contributed by atoms with Crippen molar-refractivity contribution in [3.8, 4) is 5.75 Å². The number of ether oxygens (including phenoxy) is 1. The second-order valence-corrected chi connectivity index (χ2v) is 10.3. The van der Waals surface area contributed by atoms with Crippen LogP contribution in [0.5, 0.6) is 5.75 Å². The highest BCUT2D eigenvalue weighted by Gasteiger charge is 2.25. The van der Waals surface area contributed by atoms with Gasteiger partial charge in [-0.15, -0.1) is 0 Å². The third kappa shape index (κ3) is 6.12. The molecule has 1 N–H and O–H groups in total. The smallest absolute Gasteiger partial charge is 0.243 e. The summed E-state index contributed by atoms with van der Waals surface area (Å²) in [5.41, 5.74) is 0.940. The normalized spacial score (nSPS) is 14.8. The van der Waals surface area contributed by atoms with E-state index >= 15 is 0 Å². The minimum atomic E-state index is -3.42. The monoisotopic (exact) mass is 466 g/mol. The van der Waals surface area contributed by atoms with Gasteiger partial charge in [-0.25, -0.2) is 8.42 Å². The summed E-state index contributed by atoms with van der Waals surface area (Å²) in [4.78, 5) is 12.5. The number of amides is 1. The van der Waals surface area contributed by atoms with Crippen LogP contribution in [0.15, 0.2) is 71.6 Å². The predicted molar refractivity (Wildman–Crippen MR) is 130 cm³/mol. The number of nitrogens with one attached hydrogen (secondary N) is 1. The molecule has 1 aliphatic heterocycles. The molecule has 0 saturated carbocycles. The Bertz CT molecular complexity index is 1190. The molecule has 4 rings (SSSR count). The topological polar surface area (TPSA) is 75.7 Å². The number of carbonyl (C=O) groups excluding carboxylic acids is 1. The van der Waals surface area contributed by atoms with Crippen LogP contribution in [0.1, 0.15) is 31.2 Å². The van der Waals surface area contributed by atoms with Crippen LogP contribution in [0.25, 0.3) is 10.8 Å². The van der Waals surface area contributed by atoms with Crippen LogP contribution in [-0.2, 0) is 21.2 Å². The highest BCUT2D eigenvalue weighted by molar-refractivity contribution is 7.89. The van der Waals surface area contributed by atoms with Crippen LogP contribution >= 0.6 is 0 Å². The first-order chi connectivity index (χ1) is 16.0. The van der Waals surface area contributed by atoms with Gasteiger partial charge in [0.15, 0.2) is 0 Å². The lowest BCUT2D eigenvalue weighted by Crippen LogP contribution is -2.35. The van der Waals surface area contributed by atoms with Gasteiger partial charge in [0, 0.05) is 19.5 Å². The number of piperidine rings is 1. The van der Waals surface area contributed by atoms with Gasteiger partial charge in [0.1, 0.15) is 12.4 Å². The molecule has 3 aromatic carbocycles. The zero-order valence-corrected chi connectivity index (χ0v) is 19.5. The summed E-state index contributed by atoms with van der Waals surface area (Å²) in [5.74, 6) is 0.727. The van der Waals surface area contributed by atoms with Crippen molar-refractivity contribution in [1.29, 1.82) is 0 Å². The average molecular weight is 467 g/mol. The van der Waals surface area contributed by atoms with Gasteiger partial charge in [-0.1, -0.05) is 48.9 Å². The number of fused-ring (bicyclic) bond motifs is 1. The van der Waals surface area contributed by atoms with E-state index in [1.165, 1.54) is 0 Å². The first kappa shape index (κ1) is 23.3. The van der Waals surface area contributed by atoms with Gasteiger partial charge >= 0.3 is 0 Å². The van der Waals surface area contributed by atoms with E-state index in [-0.39, 0.29) is 5.91 Å². The van der Waals surface area contributed by atoms with E-state index in [1.807, 2.05) is 36.4 Å². The van der Waals surface area contributed by atoms with E-state index in [1.54, 1.807) is 28.6 Å². The maximum atomic E-state index is 12.7. The largest absolute Gasteiger partial charge is 0.492 e. The molecule has 1 saturated heterocycles. The molecule has 0 bridgehead atoms. The Hall–Kier alpha value is -2.90. The van der Waals surface area contributed by atoms with Crippen molar-refractivity contribution in [3.63, 3.8) is 0 Å². The van der Waals surface area contributed by atoms with Gasteiger partial charge in [-0.3, -0.25) is 4.79 Å². The molecule has 33 heavy (non-hydrogen) atoms.